The minimum Gasteiger partial charge on any atom is -0.497 e. The third kappa shape index (κ3) is 4.68. The number of methoxy groups -OCH3 is 1. The van der Waals surface area contributed by atoms with E-state index in [2.05, 4.69) is 27.2 Å². The van der Waals surface area contributed by atoms with Gasteiger partial charge in [-0.05, 0) is 57.5 Å². The van der Waals surface area contributed by atoms with Crippen molar-refractivity contribution in [1.29, 1.82) is 0 Å². The van der Waals surface area contributed by atoms with Crippen molar-refractivity contribution in [3.63, 3.8) is 0 Å². The topological polar surface area (TPSA) is 70.7 Å². The Balaban J connectivity index is 1.36. The average molecular weight is 413 g/mol. The molecule has 0 saturated carbocycles. The fourth-order valence-electron chi connectivity index (χ4n) is 4.66. The second-order valence-corrected chi connectivity index (χ2v) is 8.56. The van der Waals surface area contributed by atoms with E-state index in [-0.39, 0.29) is 18.1 Å². The fourth-order valence-corrected chi connectivity index (χ4v) is 4.66. The Morgan fingerprint density at radius 1 is 1.17 bits per heavy atom. The Hall–Kier alpha value is -2.38. The molecule has 0 aliphatic carbocycles. The molecule has 1 aromatic heterocycles. The lowest BCUT2D eigenvalue weighted by atomic mass is 9.90. The molecule has 30 heavy (non-hydrogen) atoms. The van der Waals surface area contributed by atoms with E-state index >= 15 is 0 Å². The first-order valence-electron chi connectivity index (χ1n) is 10.9. The summed E-state index contributed by atoms with van der Waals surface area (Å²) in [7, 11) is 1.69. The Bertz CT molecular complexity index is 832. The smallest absolute Gasteiger partial charge is 0.257 e. The fraction of sp³-hybridized carbons (Fsp3) is 0.565. The van der Waals surface area contributed by atoms with Gasteiger partial charge in [0, 0.05) is 25.6 Å². The molecule has 7 heteroatoms. The number of likely N-dealkylation sites (tertiary alicyclic amines) is 1. The van der Waals surface area contributed by atoms with E-state index < -0.39 is 0 Å². The lowest BCUT2D eigenvalue weighted by Gasteiger charge is -2.36. The zero-order valence-electron chi connectivity index (χ0n) is 18.1. The van der Waals surface area contributed by atoms with E-state index in [0.29, 0.717) is 19.0 Å². The number of aromatic nitrogens is 2. The molecule has 162 valence electrons. The van der Waals surface area contributed by atoms with Gasteiger partial charge in [-0.2, -0.15) is 5.10 Å². The number of nitrogens with one attached hydrogen (secondary N) is 1. The summed E-state index contributed by atoms with van der Waals surface area (Å²) in [6.07, 6.45) is 3.87. The van der Waals surface area contributed by atoms with Gasteiger partial charge in [-0.25, -0.2) is 0 Å². The maximum atomic E-state index is 13.2. The molecule has 0 unspecified atom stereocenters. The van der Waals surface area contributed by atoms with Crippen molar-refractivity contribution in [2.45, 2.75) is 51.4 Å². The molecule has 1 N–H and O–H groups in total. The molecule has 0 bridgehead atoms. The minimum absolute atomic E-state index is 0.0641. The number of carbonyl (C=O) groups excluding carboxylic acids is 1. The highest BCUT2D eigenvalue weighted by Gasteiger charge is 2.31. The van der Waals surface area contributed by atoms with Crippen LogP contribution in [0.25, 0.3) is 0 Å². The van der Waals surface area contributed by atoms with Crippen molar-refractivity contribution in [1.82, 2.24) is 20.0 Å². The van der Waals surface area contributed by atoms with Gasteiger partial charge in [0.2, 0.25) is 0 Å². The molecule has 2 fully saturated rings. The van der Waals surface area contributed by atoms with Crippen molar-refractivity contribution < 1.29 is 14.3 Å². The van der Waals surface area contributed by atoms with Gasteiger partial charge in [-0.1, -0.05) is 12.1 Å². The van der Waals surface area contributed by atoms with Gasteiger partial charge in [-0.3, -0.25) is 14.8 Å². The molecule has 4 rings (SSSR count). The van der Waals surface area contributed by atoms with Gasteiger partial charge in [0.15, 0.2) is 0 Å². The quantitative estimate of drug-likeness (QED) is 0.817. The van der Waals surface area contributed by atoms with E-state index in [9.17, 15) is 4.79 Å². The first-order valence-corrected chi connectivity index (χ1v) is 10.9. The molecular formula is C23H32N4O3. The van der Waals surface area contributed by atoms with Crippen molar-refractivity contribution in [2.24, 2.45) is 0 Å². The molecule has 0 spiro atoms. The van der Waals surface area contributed by atoms with Crippen LogP contribution in [0.4, 0.5) is 0 Å². The summed E-state index contributed by atoms with van der Waals surface area (Å²) < 4.78 is 11.0. The van der Waals surface area contributed by atoms with Crippen molar-refractivity contribution >= 4 is 5.91 Å². The van der Waals surface area contributed by atoms with Gasteiger partial charge in [-0.15, -0.1) is 0 Å². The van der Waals surface area contributed by atoms with E-state index in [4.69, 9.17) is 9.47 Å². The molecular weight excluding hydrogens is 380 g/mol. The van der Waals surface area contributed by atoms with Crippen LogP contribution < -0.4 is 4.74 Å². The Morgan fingerprint density at radius 2 is 1.83 bits per heavy atom. The summed E-state index contributed by atoms with van der Waals surface area (Å²) in [5, 5.41) is 7.36. The molecule has 2 atom stereocenters. The van der Waals surface area contributed by atoms with Crippen LogP contribution in [0.1, 0.15) is 54.2 Å². The number of hydrogen-bond acceptors (Lipinski definition) is 5. The highest BCUT2D eigenvalue weighted by molar-refractivity contribution is 5.95. The van der Waals surface area contributed by atoms with Crippen LogP contribution in [0, 0.1) is 0 Å². The van der Waals surface area contributed by atoms with Gasteiger partial charge in [0.05, 0.1) is 36.8 Å². The van der Waals surface area contributed by atoms with Crippen LogP contribution in [0.5, 0.6) is 5.75 Å². The lowest BCUT2D eigenvalue weighted by Crippen LogP contribution is -2.48. The van der Waals surface area contributed by atoms with Crippen LogP contribution in [-0.2, 0) is 11.3 Å². The molecule has 1 amide bonds. The summed E-state index contributed by atoms with van der Waals surface area (Å²) in [5.41, 5.74) is 3.02. The second-order valence-electron chi connectivity index (χ2n) is 8.56. The largest absolute Gasteiger partial charge is 0.497 e. The first kappa shape index (κ1) is 20.9. The monoisotopic (exact) mass is 412 g/mol. The van der Waals surface area contributed by atoms with Gasteiger partial charge in [0.25, 0.3) is 5.91 Å². The summed E-state index contributed by atoms with van der Waals surface area (Å²) in [6.45, 7) is 8.26. The van der Waals surface area contributed by atoms with Crippen molar-refractivity contribution in [3.8, 4) is 5.75 Å². The normalized spacial score (nSPS) is 23.5. The van der Waals surface area contributed by atoms with E-state index in [1.54, 1.807) is 13.3 Å². The standard InChI is InChI=1S/C23H32N4O3/c1-16-13-27(14-17(2)30-16)23(28)21-12-24-25-22(21)19-8-10-26(11-9-19)15-18-4-6-20(29-3)7-5-18/h4-7,12,16-17,19H,8-11,13-15H2,1-3H3,(H,24,25)/t16-,17-/m0/s1. The number of nitrogens with zero attached hydrogens (tertiary/aromatic N) is 3. The Morgan fingerprint density at radius 3 is 2.47 bits per heavy atom. The van der Waals surface area contributed by atoms with Crippen LogP contribution in [-0.4, -0.2) is 71.4 Å². The van der Waals surface area contributed by atoms with Crippen LogP contribution in [0.3, 0.4) is 0 Å². The number of amides is 1. The van der Waals surface area contributed by atoms with E-state index in [1.807, 2.05) is 30.9 Å². The Kier molecular flexibility index (Phi) is 6.39. The predicted octanol–water partition coefficient (Wildman–Crippen LogP) is 3.05. The van der Waals surface area contributed by atoms with Crippen molar-refractivity contribution in [3.05, 3.63) is 47.3 Å². The summed E-state index contributed by atoms with van der Waals surface area (Å²) in [5.74, 6) is 1.30. The van der Waals surface area contributed by atoms with Crippen LogP contribution in [0.15, 0.2) is 30.5 Å². The number of carbonyl (C=O) groups is 1. The maximum absolute atomic E-state index is 13.2. The summed E-state index contributed by atoms with van der Waals surface area (Å²) >= 11 is 0. The van der Waals surface area contributed by atoms with Crippen LogP contribution in [0.2, 0.25) is 0 Å². The molecule has 1 aromatic carbocycles. The summed E-state index contributed by atoms with van der Waals surface area (Å²) in [6, 6.07) is 8.28. The predicted molar refractivity (Wildman–Crippen MR) is 115 cm³/mol. The second kappa shape index (κ2) is 9.18. The number of benzene rings is 1. The number of ether oxygens (including phenoxy) is 2. The highest BCUT2D eigenvalue weighted by atomic mass is 16.5. The Labute approximate surface area is 178 Å². The van der Waals surface area contributed by atoms with Gasteiger partial charge >= 0.3 is 0 Å². The number of rotatable bonds is 5. The number of morpholine rings is 1. The van der Waals surface area contributed by atoms with Gasteiger partial charge < -0.3 is 14.4 Å². The van der Waals surface area contributed by atoms with E-state index in [0.717, 1.165) is 49.5 Å². The van der Waals surface area contributed by atoms with Crippen molar-refractivity contribution in [2.75, 3.05) is 33.3 Å². The maximum Gasteiger partial charge on any atom is 0.257 e. The lowest BCUT2D eigenvalue weighted by molar-refractivity contribution is -0.0586. The molecule has 2 saturated heterocycles. The van der Waals surface area contributed by atoms with Gasteiger partial charge in [0.1, 0.15) is 5.75 Å². The number of aromatic amines is 1. The zero-order chi connectivity index (χ0) is 21.1. The molecule has 7 nitrogen and oxygen atoms in total. The first-order chi connectivity index (χ1) is 14.5. The van der Waals surface area contributed by atoms with Crippen LogP contribution >= 0.6 is 0 Å². The molecule has 0 radical (unpaired) electrons. The molecule has 2 aliphatic heterocycles. The highest BCUT2D eigenvalue weighted by Crippen LogP contribution is 2.30. The zero-order valence-corrected chi connectivity index (χ0v) is 18.1. The number of hydrogen-bond donors (Lipinski definition) is 1. The number of piperidine rings is 1. The average Bonchev–Trinajstić information content (AvgIpc) is 3.23. The molecule has 3 heterocycles. The molecule has 2 aromatic rings. The summed E-state index contributed by atoms with van der Waals surface area (Å²) in [4.78, 5) is 17.5. The minimum atomic E-state index is 0.0641. The SMILES string of the molecule is COc1ccc(CN2CCC(c3[nH]ncc3C(=O)N3C[C@H](C)O[C@@H](C)C3)CC2)cc1. The number of H-pyrrole nitrogens is 1. The molecule has 2 aliphatic rings. The van der Waals surface area contributed by atoms with E-state index in [1.165, 1.54) is 5.56 Å². The third-order valence-corrected chi connectivity index (χ3v) is 6.17. The third-order valence-electron chi connectivity index (χ3n) is 6.17.